The average Bonchev–Trinajstić information content (AvgIpc) is 3.76. The fourth-order valence-electron chi connectivity index (χ4n) is 8.36. The number of furan rings is 2. The second kappa shape index (κ2) is 12.6. The molecular weight excluding hydrogens is 685 g/mol. The highest BCUT2D eigenvalue weighted by atomic mass is 16.3. The van der Waals surface area contributed by atoms with Crippen LogP contribution in [0.2, 0.25) is 0 Å². The molecule has 9 aromatic carbocycles. The Morgan fingerprint density at radius 3 is 1.66 bits per heavy atom. The minimum absolute atomic E-state index is 0.849. The highest BCUT2D eigenvalue weighted by Crippen LogP contribution is 2.44. The molecule has 4 heteroatoms. The minimum atomic E-state index is 0.849. The summed E-state index contributed by atoms with van der Waals surface area (Å²) in [6.07, 6.45) is 0. The highest BCUT2D eigenvalue weighted by Gasteiger charge is 2.20. The van der Waals surface area contributed by atoms with E-state index in [9.17, 15) is 0 Å². The summed E-state index contributed by atoms with van der Waals surface area (Å²) >= 11 is 0. The molecule has 0 saturated carbocycles. The van der Waals surface area contributed by atoms with E-state index >= 15 is 0 Å². The van der Waals surface area contributed by atoms with E-state index < -0.39 is 0 Å². The molecule has 56 heavy (non-hydrogen) atoms. The maximum absolute atomic E-state index is 6.66. The number of hydrogen-bond donors (Lipinski definition) is 1. The van der Waals surface area contributed by atoms with Gasteiger partial charge in [0.05, 0.1) is 5.69 Å². The average molecular weight is 721 g/mol. The molecule has 0 bridgehead atoms. The molecule has 0 aliphatic carbocycles. The van der Waals surface area contributed by atoms with E-state index in [0.717, 1.165) is 93.9 Å². The molecule has 0 aliphatic rings. The van der Waals surface area contributed by atoms with Crippen LogP contribution in [0.5, 0.6) is 0 Å². The number of hydrogen-bond acceptors (Lipinski definition) is 4. The van der Waals surface area contributed by atoms with E-state index in [1.807, 2.05) is 0 Å². The fourth-order valence-corrected chi connectivity index (χ4v) is 8.36. The van der Waals surface area contributed by atoms with Crippen LogP contribution in [0.3, 0.4) is 0 Å². The van der Waals surface area contributed by atoms with Crippen LogP contribution in [-0.4, -0.2) is 0 Å². The molecule has 0 atom stereocenters. The molecule has 0 amide bonds. The first-order chi connectivity index (χ1) is 27.5. The fraction of sp³-hybridized carbons (Fsp3) is 0.0385. The van der Waals surface area contributed by atoms with Crippen molar-refractivity contribution in [2.24, 2.45) is 0 Å². The summed E-state index contributed by atoms with van der Waals surface area (Å²) in [6, 6.07) is 62.5. The summed E-state index contributed by atoms with van der Waals surface area (Å²) < 4.78 is 13.2. The number of fused-ring (bicyclic) bond motifs is 8. The lowest BCUT2D eigenvalue weighted by Crippen LogP contribution is -2.12. The molecule has 0 radical (unpaired) electrons. The lowest BCUT2D eigenvalue weighted by atomic mass is 10.00. The first-order valence-electron chi connectivity index (χ1n) is 19.1. The van der Waals surface area contributed by atoms with Crippen molar-refractivity contribution < 1.29 is 8.83 Å². The smallest absolute Gasteiger partial charge is 0.136 e. The van der Waals surface area contributed by atoms with Crippen LogP contribution in [0.4, 0.5) is 28.4 Å². The standard InChI is InChI=1S/C52H36N2O2/c1-32-12-6-9-17-46(32)53-39-22-20-35-26-42-44-30-52-45(31-51(44)55-49(42)28-37(35)24-39)43-27-36-21-23-40(25-38(36)29-50(43)56-52)54(47-18-10-7-13-33(47)2)48-19-11-8-16-41(48)34-14-4-3-5-15-34/h3-31,53H,1-2H3. The number of nitrogens with zero attached hydrogens (tertiary/aromatic N) is 1. The van der Waals surface area contributed by atoms with E-state index in [4.69, 9.17) is 8.83 Å². The molecule has 1 N–H and O–H groups in total. The number of nitrogens with one attached hydrogen (secondary N) is 1. The molecular formula is C52H36N2O2. The summed E-state index contributed by atoms with van der Waals surface area (Å²) in [6.45, 7) is 4.29. The van der Waals surface area contributed by atoms with Crippen molar-refractivity contribution in [3.05, 3.63) is 187 Å². The number of anilines is 5. The van der Waals surface area contributed by atoms with Gasteiger partial charge >= 0.3 is 0 Å². The van der Waals surface area contributed by atoms with Crippen LogP contribution in [0.15, 0.2) is 185 Å². The van der Waals surface area contributed by atoms with Crippen LogP contribution >= 0.6 is 0 Å². The zero-order valence-electron chi connectivity index (χ0n) is 31.0. The zero-order valence-corrected chi connectivity index (χ0v) is 31.0. The van der Waals surface area contributed by atoms with Gasteiger partial charge in [-0.05, 0) is 131 Å². The number of para-hydroxylation sites is 3. The van der Waals surface area contributed by atoms with Crippen molar-refractivity contribution in [1.82, 2.24) is 0 Å². The molecule has 0 spiro atoms. The third kappa shape index (κ3) is 5.30. The Morgan fingerprint density at radius 1 is 0.411 bits per heavy atom. The molecule has 2 aromatic heterocycles. The molecule has 4 nitrogen and oxygen atoms in total. The van der Waals surface area contributed by atoms with Gasteiger partial charge in [-0.2, -0.15) is 0 Å². The quantitative estimate of drug-likeness (QED) is 0.186. The van der Waals surface area contributed by atoms with Gasteiger partial charge in [0.1, 0.15) is 22.3 Å². The lowest BCUT2D eigenvalue weighted by molar-refractivity contribution is 0.664. The Bertz CT molecular complexity index is 3320. The summed E-state index contributed by atoms with van der Waals surface area (Å²) in [5, 5.41) is 12.4. The Labute approximate surface area is 323 Å². The Hall–Kier alpha value is -7.30. The first-order valence-corrected chi connectivity index (χ1v) is 19.1. The SMILES string of the molecule is Cc1ccccc1Nc1ccc2cc3c(cc2c1)oc1cc2c(cc13)oc1cc3cc(N(c4ccccc4C)c4ccccc4-c4ccccc4)ccc3cc12. The largest absolute Gasteiger partial charge is 0.456 e. The minimum Gasteiger partial charge on any atom is -0.456 e. The molecule has 266 valence electrons. The molecule has 0 fully saturated rings. The molecule has 11 aromatic rings. The van der Waals surface area contributed by atoms with E-state index in [1.54, 1.807) is 0 Å². The van der Waals surface area contributed by atoms with Crippen LogP contribution < -0.4 is 10.2 Å². The normalized spacial score (nSPS) is 11.8. The predicted octanol–water partition coefficient (Wildman–Crippen LogP) is 15.3. The molecule has 0 unspecified atom stereocenters. The van der Waals surface area contributed by atoms with Crippen LogP contribution in [0, 0.1) is 13.8 Å². The highest BCUT2D eigenvalue weighted by molar-refractivity contribution is 6.18. The van der Waals surface area contributed by atoms with Gasteiger partial charge in [-0.1, -0.05) is 97.1 Å². The van der Waals surface area contributed by atoms with E-state index in [-0.39, 0.29) is 0 Å². The number of benzene rings is 9. The summed E-state index contributed by atoms with van der Waals surface area (Å²) in [4.78, 5) is 2.38. The Balaban J connectivity index is 1.02. The number of aryl methyl sites for hydroxylation is 2. The van der Waals surface area contributed by atoms with Crippen LogP contribution in [0.25, 0.3) is 76.5 Å². The van der Waals surface area contributed by atoms with Crippen molar-refractivity contribution in [2.45, 2.75) is 13.8 Å². The molecule has 0 saturated heterocycles. The predicted molar refractivity (Wildman–Crippen MR) is 235 cm³/mol. The van der Waals surface area contributed by atoms with Gasteiger partial charge in [-0.3, -0.25) is 0 Å². The van der Waals surface area contributed by atoms with Gasteiger partial charge in [0, 0.05) is 49.9 Å². The second-order valence-electron chi connectivity index (χ2n) is 14.8. The van der Waals surface area contributed by atoms with E-state index in [0.29, 0.717) is 0 Å². The Morgan fingerprint density at radius 2 is 0.964 bits per heavy atom. The zero-order chi connectivity index (χ0) is 37.3. The van der Waals surface area contributed by atoms with Gasteiger partial charge < -0.3 is 19.1 Å². The maximum Gasteiger partial charge on any atom is 0.136 e. The van der Waals surface area contributed by atoms with Crippen LogP contribution in [0.1, 0.15) is 11.1 Å². The van der Waals surface area contributed by atoms with Crippen molar-refractivity contribution in [1.29, 1.82) is 0 Å². The van der Waals surface area contributed by atoms with Crippen molar-refractivity contribution in [2.75, 3.05) is 10.2 Å². The summed E-state index contributed by atoms with van der Waals surface area (Å²) in [7, 11) is 0. The van der Waals surface area contributed by atoms with E-state index in [2.05, 4.69) is 200 Å². The summed E-state index contributed by atoms with van der Waals surface area (Å²) in [5.74, 6) is 0. The summed E-state index contributed by atoms with van der Waals surface area (Å²) in [5.41, 5.74) is 13.7. The van der Waals surface area contributed by atoms with Gasteiger partial charge in [-0.25, -0.2) is 0 Å². The van der Waals surface area contributed by atoms with Crippen molar-refractivity contribution >= 4 is 93.9 Å². The van der Waals surface area contributed by atoms with Crippen LogP contribution in [-0.2, 0) is 0 Å². The van der Waals surface area contributed by atoms with Crippen molar-refractivity contribution in [3.8, 4) is 11.1 Å². The third-order valence-corrected chi connectivity index (χ3v) is 11.2. The Kier molecular flexibility index (Phi) is 7.26. The molecule has 2 heterocycles. The lowest BCUT2D eigenvalue weighted by Gasteiger charge is -2.29. The van der Waals surface area contributed by atoms with E-state index in [1.165, 1.54) is 22.3 Å². The molecule has 11 rings (SSSR count). The maximum atomic E-state index is 6.66. The van der Waals surface area contributed by atoms with Crippen molar-refractivity contribution in [3.63, 3.8) is 0 Å². The van der Waals surface area contributed by atoms with Gasteiger partial charge in [0.15, 0.2) is 0 Å². The van der Waals surface area contributed by atoms with Gasteiger partial charge in [-0.15, -0.1) is 0 Å². The van der Waals surface area contributed by atoms with Gasteiger partial charge in [0.25, 0.3) is 0 Å². The second-order valence-corrected chi connectivity index (χ2v) is 14.8. The topological polar surface area (TPSA) is 41.6 Å². The first kappa shape index (κ1) is 32.2. The van der Waals surface area contributed by atoms with Gasteiger partial charge in [0.2, 0.25) is 0 Å². The molecule has 0 aliphatic heterocycles. The monoisotopic (exact) mass is 720 g/mol. The number of rotatable bonds is 6. The third-order valence-electron chi connectivity index (χ3n) is 11.2.